The zero-order chi connectivity index (χ0) is 10.6. The van der Waals surface area contributed by atoms with E-state index in [-0.39, 0.29) is 5.54 Å². The number of hydrogen-bond donors (Lipinski definition) is 2. The second-order valence-electron chi connectivity index (χ2n) is 4.79. The van der Waals surface area contributed by atoms with Crippen molar-refractivity contribution in [3.63, 3.8) is 0 Å². The van der Waals surface area contributed by atoms with Crippen molar-refractivity contribution in [1.82, 2.24) is 5.48 Å². The van der Waals surface area contributed by atoms with E-state index in [1.165, 1.54) is 12.8 Å². The highest BCUT2D eigenvalue weighted by Crippen LogP contribution is 2.19. The van der Waals surface area contributed by atoms with E-state index in [2.05, 4.69) is 10.5 Å². The first-order valence-electron chi connectivity index (χ1n) is 5.24. The standard InChI is InChI=1S/C10H21N3O/c1-10(2,3)12-9(11)13-14-8-6-4-5-7-8/h8H,4-7H2,1-3H3,(H3,11,12,13). The zero-order valence-electron chi connectivity index (χ0n) is 9.34. The van der Waals surface area contributed by atoms with Crippen molar-refractivity contribution in [3.8, 4) is 0 Å². The molecule has 0 radical (unpaired) electrons. The van der Waals surface area contributed by atoms with Crippen LogP contribution in [0.15, 0.2) is 4.99 Å². The second kappa shape index (κ2) is 4.64. The quantitative estimate of drug-likeness (QED) is 0.403. The third kappa shape index (κ3) is 4.46. The molecule has 4 nitrogen and oxygen atoms in total. The van der Waals surface area contributed by atoms with Crippen LogP contribution in [0.1, 0.15) is 46.5 Å². The fourth-order valence-electron chi connectivity index (χ4n) is 1.53. The van der Waals surface area contributed by atoms with Crippen LogP contribution >= 0.6 is 0 Å². The van der Waals surface area contributed by atoms with Crippen LogP contribution in [0, 0.1) is 0 Å². The van der Waals surface area contributed by atoms with Crippen molar-refractivity contribution in [2.24, 2.45) is 10.7 Å². The van der Waals surface area contributed by atoms with Gasteiger partial charge in [-0.1, -0.05) is 12.8 Å². The van der Waals surface area contributed by atoms with E-state index in [1.807, 2.05) is 20.8 Å². The molecule has 1 aliphatic carbocycles. The molecule has 0 unspecified atom stereocenters. The topological polar surface area (TPSA) is 59.6 Å². The second-order valence-corrected chi connectivity index (χ2v) is 4.79. The molecule has 1 fully saturated rings. The lowest BCUT2D eigenvalue weighted by Gasteiger charge is -2.16. The number of hydrogen-bond acceptors (Lipinski definition) is 2. The Bertz CT molecular complexity index is 202. The smallest absolute Gasteiger partial charge is 0.213 e. The summed E-state index contributed by atoms with van der Waals surface area (Å²) >= 11 is 0. The zero-order valence-corrected chi connectivity index (χ0v) is 9.34. The van der Waals surface area contributed by atoms with E-state index >= 15 is 0 Å². The Morgan fingerprint density at radius 3 is 2.43 bits per heavy atom. The van der Waals surface area contributed by atoms with Crippen LogP contribution in [0.4, 0.5) is 0 Å². The minimum Gasteiger partial charge on any atom is -0.368 e. The minimum atomic E-state index is -0.157. The number of guanidine groups is 1. The van der Waals surface area contributed by atoms with Crippen molar-refractivity contribution in [2.45, 2.75) is 58.1 Å². The molecule has 1 aliphatic rings. The maximum Gasteiger partial charge on any atom is 0.213 e. The Morgan fingerprint density at radius 1 is 1.36 bits per heavy atom. The molecule has 1 saturated carbocycles. The SMILES string of the molecule is CC(C)(C)N=C(N)NOC1CCCC1. The summed E-state index contributed by atoms with van der Waals surface area (Å²) in [6, 6.07) is 0. The molecule has 14 heavy (non-hydrogen) atoms. The summed E-state index contributed by atoms with van der Waals surface area (Å²) < 4.78 is 0. The summed E-state index contributed by atoms with van der Waals surface area (Å²) in [5.41, 5.74) is 8.20. The summed E-state index contributed by atoms with van der Waals surface area (Å²) in [4.78, 5) is 9.63. The first kappa shape index (κ1) is 11.3. The van der Waals surface area contributed by atoms with Gasteiger partial charge in [0.2, 0.25) is 5.96 Å². The molecule has 0 saturated heterocycles. The van der Waals surface area contributed by atoms with Crippen LogP contribution in [-0.2, 0) is 4.84 Å². The van der Waals surface area contributed by atoms with Crippen molar-refractivity contribution in [1.29, 1.82) is 0 Å². The molecule has 1 rings (SSSR count). The predicted octanol–water partition coefficient (Wildman–Crippen LogP) is 1.56. The van der Waals surface area contributed by atoms with Gasteiger partial charge in [0.05, 0.1) is 11.6 Å². The van der Waals surface area contributed by atoms with Gasteiger partial charge in [-0.2, -0.15) is 0 Å². The van der Waals surface area contributed by atoms with Crippen LogP contribution in [0.2, 0.25) is 0 Å². The third-order valence-corrected chi connectivity index (χ3v) is 2.09. The molecule has 0 spiro atoms. The van der Waals surface area contributed by atoms with Gasteiger partial charge in [-0.3, -0.25) is 4.84 Å². The number of hydroxylamine groups is 1. The van der Waals surface area contributed by atoms with Gasteiger partial charge in [-0.05, 0) is 33.6 Å². The molecule has 4 heteroatoms. The van der Waals surface area contributed by atoms with E-state index in [1.54, 1.807) is 0 Å². The van der Waals surface area contributed by atoms with E-state index < -0.39 is 0 Å². The highest BCUT2D eigenvalue weighted by Gasteiger charge is 2.16. The summed E-state index contributed by atoms with van der Waals surface area (Å²) in [5, 5.41) is 0. The monoisotopic (exact) mass is 199 g/mol. The molecule has 0 heterocycles. The Balaban J connectivity index is 2.26. The lowest BCUT2D eigenvalue weighted by Crippen LogP contribution is -2.36. The molecular formula is C10H21N3O. The van der Waals surface area contributed by atoms with Crippen LogP contribution in [-0.4, -0.2) is 17.6 Å². The molecule has 82 valence electrons. The van der Waals surface area contributed by atoms with Crippen LogP contribution in [0.3, 0.4) is 0 Å². The number of rotatable bonds is 2. The fraction of sp³-hybridized carbons (Fsp3) is 0.900. The number of nitrogens with one attached hydrogen (secondary N) is 1. The Labute approximate surface area is 85.9 Å². The number of nitrogens with two attached hydrogens (primary N) is 1. The Kier molecular flexibility index (Phi) is 3.75. The van der Waals surface area contributed by atoms with E-state index in [0.29, 0.717) is 12.1 Å². The van der Waals surface area contributed by atoms with Gasteiger partial charge < -0.3 is 5.73 Å². The molecule has 0 aliphatic heterocycles. The highest BCUT2D eigenvalue weighted by molar-refractivity contribution is 5.77. The maximum absolute atomic E-state index is 5.65. The van der Waals surface area contributed by atoms with Gasteiger partial charge in [0.15, 0.2) is 0 Å². The molecule has 0 aromatic carbocycles. The Morgan fingerprint density at radius 2 is 1.93 bits per heavy atom. The van der Waals surface area contributed by atoms with Crippen LogP contribution < -0.4 is 11.2 Å². The van der Waals surface area contributed by atoms with E-state index in [4.69, 9.17) is 10.6 Å². The minimum absolute atomic E-state index is 0.157. The lowest BCUT2D eigenvalue weighted by atomic mass is 10.1. The normalized spacial score (nSPS) is 20.1. The van der Waals surface area contributed by atoms with Crippen molar-refractivity contribution in [2.75, 3.05) is 0 Å². The van der Waals surface area contributed by atoms with E-state index in [9.17, 15) is 0 Å². The van der Waals surface area contributed by atoms with Crippen LogP contribution in [0.5, 0.6) is 0 Å². The highest BCUT2D eigenvalue weighted by atomic mass is 16.7. The summed E-state index contributed by atoms with van der Waals surface area (Å²) in [6.45, 7) is 5.99. The maximum atomic E-state index is 5.65. The molecule has 0 aromatic rings. The van der Waals surface area contributed by atoms with Crippen molar-refractivity contribution >= 4 is 5.96 Å². The molecule has 0 amide bonds. The molecule has 3 N–H and O–H groups in total. The lowest BCUT2D eigenvalue weighted by molar-refractivity contribution is 0.0139. The van der Waals surface area contributed by atoms with Gasteiger partial charge >= 0.3 is 0 Å². The molecular weight excluding hydrogens is 178 g/mol. The molecule has 0 bridgehead atoms. The van der Waals surface area contributed by atoms with Crippen molar-refractivity contribution < 1.29 is 4.84 Å². The van der Waals surface area contributed by atoms with Gasteiger partial charge in [0, 0.05) is 0 Å². The largest absolute Gasteiger partial charge is 0.368 e. The van der Waals surface area contributed by atoms with Gasteiger partial charge in [-0.15, -0.1) is 0 Å². The fourth-order valence-corrected chi connectivity index (χ4v) is 1.53. The Hall–Kier alpha value is -0.770. The van der Waals surface area contributed by atoms with Gasteiger partial charge in [-0.25, -0.2) is 10.5 Å². The third-order valence-electron chi connectivity index (χ3n) is 2.09. The molecule has 0 aromatic heterocycles. The summed E-state index contributed by atoms with van der Waals surface area (Å²) in [7, 11) is 0. The first-order chi connectivity index (χ1) is 6.47. The summed E-state index contributed by atoms with van der Waals surface area (Å²) in [6.07, 6.45) is 5.06. The number of nitrogens with zero attached hydrogens (tertiary/aromatic N) is 1. The van der Waals surface area contributed by atoms with Gasteiger partial charge in [0.1, 0.15) is 0 Å². The van der Waals surface area contributed by atoms with Gasteiger partial charge in [0.25, 0.3) is 0 Å². The average Bonchev–Trinajstić information content (AvgIpc) is 2.49. The predicted molar refractivity (Wildman–Crippen MR) is 57.9 cm³/mol. The average molecular weight is 199 g/mol. The number of aliphatic imine (C=N–C) groups is 1. The molecule has 0 atom stereocenters. The van der Waals surface area contributed by atoms with Crippen LogP contribution in [0.25, 0.3) is 0 Å². The van der Waals surface area contributed by atoms with E-state index in [0.717, 1.165) is 12.8 Å². The summed E-state index contributed by atoms with van der Waals surface area (Å²) in [5.74, 6) is 0.365. The first-order valence-corrected chi connectivity index (χ1v) is 5.24. The van der Waals surface area contributed by atoms with Crippen molar-refractivity contribution in [3.05, 3.63) is 0 Å².